The molecule has 4 nitrogen and oxygen atoms in total. The zero-order valence-corrected chi connectivity index (χ0v) is 12.3. The van der Waals surface area contributed by atoms with Gasteiger partial charge in [0.05, 0.1) is 11.8 Å². The van der Waals surface area contributed by atoms with Gasteiger partial charge >= 0.3 is 0 Å². The Hall–Kier alpha value is -1.46. The van der Waals surface area contributed by atoms with Crippen molar-refractivity contribution < 1.29 is 5.11 Å². The van der Waals surface area contributed by atoms with E-state index in [1.807, 2.05) is 32.9 Å². The molecule has 1 N–H and O–H groups in total. The Morgan fingerprint density at radius 3 is 2.21 bits per heavy atom. The molecule has 0 aromatic carbocycles. The van der Waals surface area contributed by atoms with E-state index < -0.39 is 6.10 Å². The van der Waals surface area contributed by atoms with Crippen LogP contribution in [-0.2, 0) is 0 Å². The molecule has 0 amide bonds. The fraction of sp³-hybridized carbons (Fsp3) is 0.357. The molecular formula is C14H17N3OS. The van der Waals surface area contributed by atoms with Gasteiger partial charge in [0, 0.05) is 22.5 Å². The van der Waals surface area contributed by atoms with Gasteiger partial charge < -0.3 is 5.11 Å². The first-order chi connectivity index (χ1) is 8.97. The minimum absolute atomic E-state index is 0.542. The third-order valence-corrected chi connectivity index (χ3v) is 3.85. The monoisotopic (exact) mass is 275 g/mol. The predicted octanol–water partition coefficient (Wildman–Crippen LogP) is 3.00. The second kappa shape index (κ2) is 5.67. The zero-order chi connectivity index (χ0) is 14.0. The van der Waals surface area contributed by atoms with Gasteiger partial charge in [0.25, 0.3) is 0 Å². The molecule has 0 radical (unpaired) electrons. The second-order valence-corrected chi connectivity index (χ2v) is 5.54. The van der Waals surface area contributed by atoms with Crippen LogP contribution in [-0.4, -0.2) is 20.1 Å². The lowest BCUT2D eigenvalue weighted by Gasteiger charge is -2.07. The highest BCUT2D eigenvalue weighted by molar-refractivity contribution is 7.99. The van der Waals surface area contributed by atoms with Crippen molar-refractivity contribution in [3.63, 3.8) is 0 Å². The number of aromatic nitrogens is 3. The van der Waals surface area contributed by atoms with E-state index in [9.17, 15) is 5.11 Å². The number of aryl methyl sites for hydroxylation is 2. The maximum Gasteiger partial charge on any atom is 0.192 e. The van der Waals surface area contributed by atoms with E-state index in [0.29, 0.717) is 5.69 Å². The molecule has 2 heterocycles. The van der Waals surface area contributed by atoms with Gasteiger partial charge in [0.1, 0.15) is 0 Å². The van der Waals surface area contributed by atoms with Crippen LogP contribution in [0.3, 0.4) is 0 Å². The Balaban J connectivity index is 2.21. The number of pyridine rings is 1. The average molecular weight is 275 g/mol. The van der Waals surface area contributed by atoms with E-state index >= 15 is 0 Å². The lowest BCUT2D eigenvalue weighted by molar-refractivity contribution is 0.194. The summed E-state index contributed by atoms with van der Waals surface area (Å²) in [5.41, 5.74) is 3.81. The minimum atomic E-state index is -0.542. The smallest absolute Gasteiger partial charge is 0.192 e. The van der Waals surface area contributed by atoms with Gasteiger partial charge in [-0.3, -0.25) is 4.98 Å². The summed E-state index contributed by atoms with van der Waals surface area (Å²) in [5, 5.41) is 10.1. The van der Waals surface area contributed by atoms with Crippen LogP contribution in [0.15, 0.2) is 28.4 Å². The van der Waals surface area contributed by atoms with Crippen molar-refractivity contribution in [3.8, 4) is 0 Å². The third-order valence-electron chi connectivity index (χ3n) is 3.01. The van der Waals surface area contributed by atoms with E-state index in [1.165, 1.54) is 11.8 Å². The van der Waals surface area contributed by atoms with Gasteiger partial charge in [-0.25, -0.2) is 9.97 Å². The fourth-order valence-corrected chi connectivity index (χ4v) is 2.41. The molecule has 5 heteroatoms. The molecule has 2 aromatic heterocycles. The maximum atomic E-state index is 9.41. The van der Waals surface area contributed by atoms with E-state index in [0.717, 1.165) is 27.0 Å². The largest absolute Gasteiger partial charge is 0.387 e. The van der Waals surface area contributed by atoms with E-state index in [2.05, 4.69) is 15.0 Å². The lowest BCUT2D eigenvalue weighted by atomic mass is 10.2. The van der Waals surface area contributed by atoms with Crippen LogP contribution in [0.4, 0.5) is 0 Å². The van der Waals surface area contributed by atoms with Crippen LogP contribution in [0.5, 0.6) is 0 Å². The van der Waals surface area contributed by atoms with Crippen molar-refractivity contribution in [2.45, 2.75) is 43.9 Å². The van der Waals surface area contributed by atoms with E-state index in [-0.39, 0.29) is 0 Å². The molecule has 0 spiro atoms. The molecule has 0 aliphatic heterocycles. The molecule has 100 valence electrons. The summed E-state index contributed by atoms with van der Waals surface area (Å²) in [7, 11) is 0. The molecule has 1 atom stereocenters. The quantitative estimate of drug-likeness (QED) is 0.873. The lowest BCUT2D eigenvalue weighted by Crippen LogP contribution is -1.98. The standard InChI is InChI=1S/C14H17N3OS/c1-8-9(2)16-14(17-10(8)3)19-12-5-6-13(11(4)18)15-7-12/h5-7,11,18H,1-4H3. The number of aliphatic hydroxyl groups excluding tert-OH is 1. The Bertz CT molecular complexity index is 559. The topological polar surface area (TPSA) is 58.9 Å². The van der Waals surface area contributed by atoms with Crippen LogP contribution in [0.1, 0.15) is 35.7 Å². The van der Waals surface area contributed by atoms with Gasteiger partial charge in [-0.2, -0.15) is 0 Å². The summed E-state index contributed by atoms with van der Waals surface area (Å²) in [6, 6.07) is 3.74. The van der Waals surface area contributed by atoms with Crippen molar-refractivity contribution in [3.05, 3.63) is 41.0 Å². The SMILES string of the molecule is Cc1nc(Sc2ccc(C(C)O)nc2)nc(C)c1C. The van der Waals surface area contributed by atoms with Crippen LogP contribution in [0.2, 0.25) is 0 Å². The van der Waals surface area contributed by atoms with Gasteiger partial charge in [-0.05, 0) is 57.2 Å². The first-order valence-corrected chi connectivity index (χ1v) is 6.92. The summed E-state index contributed by atoms with van der Waals surface area (Å²) >= 11 is 1.48. The maximum absolute atomic E-state index is 9.41. The van der Waals surface area contributed by atoms with Gasteiger partial charge in [0.15, 0.2) is 5.16 Å². The van der Waals surface area contributed by atoms with Crippen LogP contribution < -0.4 is 0 Å². The highest BCUT2D eigenvalue weighted by atomic mass is 32.2. The van der Waals surface area contributed by atoms with Crippen LogP contribution in [0, 0.1) is 20.8 Å². The van der Waals surface area contributed by atoms with Crippen molar-refractivity contribution in [2.24, 2.45) is 0 Å². The first-order valence-electron chi connectivity index (χ1n) is 6.11. The molecule has 2 aromatic rings. The van der Waals surface area contributed by atoms with Gasteiger partial charge in [-0.15, -0.1) is 0 Å². The Kier molecular flexibility index (Phi) is 4.17. The number of hydrogen-bond donors (Lipinski definition) is 1. The summed E-state index contributed by atoms with van der Waals surface area (Å²) in [6.45, 7) is 7.70. The molecule has 0 saturated carbocycles. The second-order valence-electron chi connectivity index (χ2n) is 4.50. The summed E-state index contributed by atoms with van der Waals surface area (Å²) in [6.07, 6.45) is 1.19. The minimum Gasteiger partial charge on any atom is -0.387 e. The van der Waals surface area contributed by atoms with Crippen molar-refractivity contribution in [1.29, 1.82) is 0 Å². The average Bonchev–Trinajstić information content (AvgIpc) is 2.36. The molecule has 0 aliphatic rings. The number of nitrogens with zero attached hydrogens (tertiary/aromatic N) is 3. The summed E-state index contributed by atoms with van der Waals surface area (Å²) in [4.78, 5) is 14.1. The molecule has 0 aliphatic carbocycles. The molecule has 19 heavy (non-hydrogen) atoms. The molecule has 0 fully saturated rings. The van der Waals surface area contributed by atoms with Crippen LogP contribution in [0.25, 0.3) is 0 Å². The predicted molar refractivity (Wildman–Crippen MR) is 75.2 cm³/mol. The number of hydrogen-bond acceptors (Lipinski definition) is 5. The first kappa shape index (κ1) is 14.0. The van der Waals surface area contributed by atoms with E-state index in [4.69, 9.17) is 0 Å². The Labute approximate surface area is 117 Å². The Morgan fingerprint density at radius 2 is 1.74 bits per heavy atom. The number of rotatable bonds is 3. The molecule has 2 rings (SSSR count). The van der Waals surface area contributed by atoms with Gasteiger partial charge in [-0.1, -0.05) is 0 Å². The summed E-state index contributed by atoms with van der Waals surface area (Å²) in [5.74, 6) is 0. The molecule has 0 saturated heterocycles. The molecular weight excluding hydrogens is 258 g/mol. The van der Waals surface area contributed by atoms with Crippen molar-refractivity contribution in [2.75, 3.05) is 0 Å². The normalized spacial score (nSPS) is 12.5. The fourth-order valence-electron chi connectivity index (χ4n) is 1.59. The highest BCUT2D eigenvalue weighted by Gasteiger charge is 2.07. The summed E-state index contributed by atoms with van der Waals surface area (Å²) < 4.78 is 0. The van der Waals surface area contributed by atoms with Crippen LogP contribution >= 0.6 is 11.8 Å². The third kappa shape index (κ3) is 3.30. The van der Waals surface area contributed by atoms with Crippen molar-refractivity contribution >= 4 is 11.8 Å². The van der Waals surface area contributed by atoms with E-state index in [1.54, 1.807) is 13.1 Å². The molecule has 0 bridgehead atoms. The van der Waals surface area contributed by atoms with Crippen molar-refractivity contribution in [1.82, 2.24) is 15.0 Å². The zero-order valence-electron chi connectivity index (χ0n) is 11.5. The number of aliphatic hydroxyl groups is 1. The molecule has 1 unspecified atom stereocenters. The van der Waals surface area contributed by atoms with Gasteiger partial charge in [0.2, 0.25) is 0 Å². The Morgan fingerprint density at radius 1 is 1.11 bits per heavy atom. The highest BCUT2D eigenvalue weighted by Crippen LogP contribution is 2.26.